The zero-order valence-electron chi connectivity index (χ0n) is 7.97. The fraction of sp³-hybridized carbons (Fsp3) is 0.400. The summed E-state index contributed by atoms with van der Waals surface area (Å²) >= 11 is 0. The van der Waals surface area contributed by atoms with E-state index in [4.69, 9.17) is 5.11 Å². The van der Waals surface area contributed by atoms with Crippen molar-refractivity contribution in [3.05, 3.63) is 23.9 Å². The van der Waals surface area contributed by atoms with Crippen LogP contribution in [0.25, 0.3) is 0 Å². The lowest BCUT2D eigenvalue weighted by atomic mass is 10.2. The number of nitrogens with zero attached hydrogens (tertiary/aromatic N) is 2. The van der Waals surface area contributed by atoms with Crippen LogP contribution >= 0.6 is 0 Å². The quantitative estimate of drug-likeness (QED) is 0.786. The molecule has 0 aromatic carbocycles. The fourth-order valence-electron chi connectivity index (χ4n) is 1.39. The second-order valence-corrected chi connectivity index (χ2v) is 3.55. The summed E-state index contributed by atoms with van der Waals surface area (Å²) in [6, 6.07) is 3.67. The van der Waals surface area contributed by atoms with Gasteiger partial charge in [0.05, 0.1) is 5.56 Å². The summed E-state index contributed by atoms with van der Waals surface area (Å²) in [6.07, 6.45) is 3.89. The average molecular weight is 192 g/mol. The lowest BCUT2D eigenvalue weighted by Crippen LogP contribution is -2.20. The van der Waals surface area contributed by atoms with Crippen LogP contribution in [0.1, 0.15) is 23.2 Å². The number of hydrogen-bond acceptors (Lipinski definition) is 3. The van der Waals surface area contributed by atoms with Gasteiger partial charge in [0.1, 0.15) is 5.82 Å². The van der Waals surface area contributed by atoms with Gasteiger partial charge >= 0.3 is 5.97 Å². The van der Waals surface area contributed by atoms with Gasteiger partial charge in [-0.15, -0.1) is 0 Å². The molecular formula is C10H12N2O2. The van der Waals surface area contributed by atoms with Crippen molar-refractivity contribution in [3.63, 3.8) is 0 Å². The predicted octanol–water partition coefficient (Wildman–Crippen LogP) is 1.38. The fourth-order valence-corrected chi connectivity index (χ4v) is 1.39. The number of anilines is 1. The van der Waals surface area contributed by atoms with Gasteiger partial charge in [-0.05, 0) is 25.0 Å². The van der Waals surface area contributed by atoms with Gasteiger partial charge in [0, 0.05) is 19.3 Å². The summed E-state index contributed by atoms with van der Waals surface area (Å²) in [5.74, 6) is -0.162. The molecule has 0 amide bonds. The van der Waals surface area contributed by atoms with Crippen LogP contribution in [-0.2, 0) is 0 Å². The van der Waals surface area contributed by atoms with Crippen LogP contribution < -0.4 is 4.90 Å². The molecule has 1 aromatic rings. The monoisotopic (exact) mass is 192 g/mol. The Labute approximate surface area is 82.2 Å². The van der Waals surface area contributed by atoms with E-state index in [1.54, 1.807) is 6.07 Å². The maximum Gasteiger partial charge on any atom is 0.335 e. The van der Waals surface area contributed by atoms with Gasteiger partial charge in [0.25, 0.3) is 0 Å². The van der Waals surface area contributed by atoms with E-state index >= 15 is 0 Å². The molecule has 4 heteroatoms. The predicted molar refractivity (Wildman–Crippen MR) is 52.6 cm³/mol. The van der Waals surface area contributed by atoms with Crippen LogP contribution in [0.3, 0.4) is 0 Å². The van der Waals surface area contributed by atoms with Crippen LogP contribution in [0, 0.1) is 0 Å². The SMILES string of the molecule is CN(c1cc(C(=O)O)ccn1)C1CC1. The van der Waals surface area contributed by atoms with E-state index in [9.17, 15) is 4.79 Å². The lowest BCUT2D eigenvalue weighted by Gasteiger charge is -2.17. The third-order valence-corrected chi connectivity index (χ3v) is 2.45. The Kier molecular flexibility index (Phi) is 2.11. The molecule has 0 saturated heterocycles. The highest BCUT2D eigenvalue weighted by molar-refractivity contribution is 5.88. The van der Waals surface area contributed by atoms with Gasteiger partial charge < -0.3 is 10.0 Å². The molecule has 1 N–H and O–H groups in total. The van der Waals surface area contributed by atoms with Crippen LogP contribution in [0.15, 0.2) is 18.3 Å². The number of aromatic nitrogens is 1. The van der Waals surface area contributed by atoms with E-state index in [1.807, 2.05) is 11.9 Å². The number of rotatable bonds is 3. The molecule has 2 rings (SSSR count). The van der Waals surface area contributed by atoms with E-state index in [-0.39, 0.29) is 0 Å². The van der Waals surface area contributed by atoms with Crippen molar-refractivity contribution in [2.45, 2.75) is 18.9 Å². The van der Waals surface area contributed by atoms with Crippen molar-refractivity contribution in [2.75, 3.05) is 11.9 Å². The molecule has 0 bridgehead atoms. The second kappa shape index (κ2) is 3.29. The lowest BCUT2D eigenvalue weighted by molar-refractivity contribution is 0.0697. The molecule has 0 aliphatic heterocycles. The first-order chi connectivity index (χ1) is 6.68. The highest BCUT2D eigenvalue weighted by atomic mass is 16.4. The summed E-state index contributed by atoms with van der Waals surface area (Å²) in [5, 5.41) is 8.80. The summed E-state index contributed by atoms with van der Waals surface area (Å²) in [6.45, 7) is 0. The highest BCUT2D eigenvalue weighted by Gasteiger charge is 2.27. The first kappa shape index (κ1) is 8.99. The third kappa shape index (κ3) is 1.69. The number of carbonyl (C=O) groups is 1. The zero-order valence-corrected chi connectivity index (χ0v) is 7.97. The number of aromatic carboxylic acids is 1. The summed E-state index contributed by atoms with van der Waals surface area (Å²) in [4.78, 5) is 16.9. The van der Waals surface area contributed by atoms with Crippen molar-refractivity contribution in [1.82, 2.24) is 4.98 Å². The average Bonchev–Trinajstić information content (AvgIpc) is 3.00. The van der Waals surface area contributed by atoms with Crippen LogP contribution in [0.5, 0.6) is 0 Å². The van der Waals surface area contributed by atoms with Crippen molar-refractivity contribution in [2.24, 2.45) is 0 Å². The van der Waals surface area contributed by atoms with Gasteiger partial charge in [-0.25, -0.2) is 9.78 Å². The molecular weight excluding hydrogens is 180 g/mol. The maximum atomic E-state index is 10.7. The Bertz CT molecular complexity index is 361. The van der Waals surface area contributed by atoms with Crippen LogP contribution in [0.2, 0.25) is 0 Å². The number of hydrogen-bond donors (Lipinski definition) is 1. The Balaban J connectivity index is 2.24. The Hall–Kier alpha value is -1.58. The zero-order chi connectivity index (χ0) is 10.1. The van der Waals surface area contributed by atoms with Crippen LogP contribution in [0.4, 0.5) is 5.82 Å². The minimum atomic E-state index is -0.905. The molecule has 1 heterocycles. The molecule has 1 aliphatic carbocycles. The first-order valence-electron chi connectivity index (χ1n) is 4.60. The molecule has 0 radical (unpaired) electrons. The Morgan fingerprint density at radius 3 is 2.93 bits per heavy atom. The Morgan fingerprint density at radius 1 is 1.64 bits per heavy atom. The van der Waals surface area contributed by atoms with E-state index < -0.39 is 5.97 Å². The minimum Gasteiger partial charge on any atom is -0.478 e. The Morgan fingerprint density at radius 2 is 2.36 bits per heavy atom. The molecule has 14 heavy (non-hydrogen) atoms. The van der Waals surface area contributed by atoms with Crippen molar-refractivity contribution in [3.8, 4) is 0 Å². The van der Waals surface area contributed by atoms with E-state index in [1.165, 1.54) is 25.1 Å². The molecule has 0 spiro atoms. The van der Waals surface area contributed by atoms with E-state index in [0.717, 1.165) is 5.82 Å². The molecule has 0 unspecified atom stereocenters. The van der Waals surface area contributed by atoms with Gasteiger partial charge in [0.2, 0.25) is 0 Å². The molecule has 0 atom stereocenters. The third-order valence-electron chi connectivity index (χ3n) is 2.45. The molecule has 1 aromatic heterocycles. The second-order valence-electron chi connectivity index (χ2n) is 3.55. The van der Waals surface area contributed by atoms with E-state index in [2.05, 4.69) is 4.98 Å². The number of pyridine rings is 1. The normalized spacial score (nSPS) is 15.2. The highest BCUT2D eigenvalue weighted by Crippen LogP contribution is 2.29. The van der Waals surface area contributed by atoms with Gasteiger partial charge in [-0.1, -0.05) is 0 Å². The summed E-state index contributed by atoms with van der Waals surface area (Å²) < 4.78 is 0. The molecule has 1 fully saturated rings. The van der Waals surface area contributed by atoms with Crippen molar-refractivity contribution < 1.29 is 9.90 Å². The number of carboxylic acids is 1. The summed E-state index contributed by atoms with van der Waals surface area (Å²) in [7, 11) is 1.95. The van der Waals surface area contributed by atoms with Gasteiger partial charge in [-0.2, -0.15) is 0 Å². The molecule has 1 aliphatic rings. The smallest absolute Gasteiger partial charge is 0.335 e. The number of carboxylic acid groups (broad SMARTS) is 1. The molecule has 4 nitrogen and oxygen atoms in total. The van der Waals surface area contributed by atoms with E-state index in [0.29, 0.717) is 11.6 Å². The summed E-state index contributed by atoms with van der Waals surface area (Å²) in [5.41, 5.74) is 0.294. The first-order valence-corrected chi connectivity index (χ1v) is 4.60. The largest absolute Gasteiger partial charge is 0.478 e. The van der Waals surface area contributed by atoms with Crippen LogP contribution in [-0.4, -0.2) is 29.1 Å². The van der Waals surface area contributed by atoms with Gasteiger partial charge in [0.15, 0.2) is 0 Å². The van der Waals surface area contributed by atoms with Crippen molar-refractivity contribution >= 4 is 11.8 Å². The topological polar surface area (TPSA) is 53.4 Å². The maximum absolute atomic E-state index is 10.7. The van der Waals surface area contributed by atoms with Gasteiger partial charge in [-0.3, -0.25) is 0 Å². The van der Waals surface area contributed by atoms with Crippen molar-refractivity contribution in [1.29, 1.82) is 0 Å². The molecule has 74 valence electrons. The minimum absolute atomic E-state index is 0.294. The molecule has 1 saturated carbocycles. The standard InChI is InChI=1S/C10H12N2O2/c1-12(8-2-3-8)9-6-7(10(13)14)4-5-11-9/h4-6,8H,2-3H2,1H3,(H,13,14).